The molecule has 4 N–H and O–H groups in total. The molecule has 1 fully saturated rings. The molecule has 98 valence electrons. The molecule has 0 aromatic rings. The summed E-state index contributed by atoms with van der Waals surface area (Å²) in [5.74, 6) is -2.68. The lowest BCUT2D eigenvalue weighted by Crippen LogP contribution is -2.42. The molecule has 1 aliphatic heterocycles. The Hall–Kier alpha value is -0.910. The van der Waals surface area contributed by atoms with Gasteiger partial charge in [0.2, 0.25) is 13.3 Å². The lowest BCUT2D eigenvalue weighted by atomic mass is 10.2. The van der Waals surface area contributed by atoms with E-state index in [9.17, 15) is 19.0 Å². The molecule has 2 unspecified atom stereocenters. The minimum atomic E-state index is -3.74. The van der Waals surface area contributed by atoms with Gasteiger partial charge < -0.3 is 20.6 Å². The van der Waals surface area contributed by atoms with E-state index in [0.717, 1.165) is 4.90 Å². The summed E-state index contributed by atoms with van der Waals surface area (Å²) in [4.78, 5) is 33.3. The number of rotatable bonds is 4. The quantitative estimate of drug-likeness (QED) is 0.596. The summed E-state index contributed by atoms with van der Waals surface area (Å²) >= 11 is 0. The van der Waals surface area contributed by atoms with E-state index in [1.165, 1.54) is 6.92 Å². The lowest BCUT2D eigenvalue weighted by Gasteiger charge is -2.23. The number of nitrogens with zero attached hydrogens (tertiary/aromatic N) is 1. The molecule has 8 heteroatoms. The molecule has 0 aliphatic carbocycles. The number of amides is 1. The predicted octanol–water partition coefficient (Wildman–Crippen LogP) is -0.363. The van der Waals surface area contributed by atoms with E-state index in [1.807, 2.05) is 0 Å². The molecule has 1 saturated heterocycles. The molecular formula is C9H17N2O5P. The number of carboxylic acids is 1. The van der Waals surface area contributed by atoms with Gasteiger partial charge in [-0.15, -0.1) is 0 Å². The number of hydrogen-bond donors (Lipinski definition) is 3. The number of nitrogens with two attached hydrogens (primary N) is 1. The smallest absolute Gasteiger partial charge is 0.326 e. The molecule has 0 aromatic carbocycles. The van der Waals surface area contributed by atoms with Gasteiger partial charge in [-0.3, -0.25) is 9.36 Å². The number of carbonyl (C=O) groups is 2. The van der Waals surface area contributed by atoms with Crippen LogP contribution in [0.3, 0.4) is 0 Å². The van der Waals surface area contributed by atoms with Crippen molar-refractivity contribution in [3.8, 4) is 0 Å². The summed E-state index contributed by atoms with van der Waals surface area (Å²) < 4.78 is 11.6. The van der Waals surface area contributed by atoms with Crippen LogP contribution in [0.25, 0.3) is 0 Å². The SMILES string of the molecule is CC(N)P(=O)(O)CC(=O)N1CCC[C@H]1C(=O)O. The molecule has 0 aromatic heterocycles. The zero-order valence-corrected chi connectivity index (χ0v) is 10.5. The summed E-state index contributed by atoms with van der Waals surface area (Å²) in [5.41, 5.74) is 5.31. The Morgan fingerprint density at radius 1 is 1.59 bits per heavy atom. The van der Waals surface area contributed by atoms with E-state index in [2.05, 4.69) is 0 Å². The molecule has 1 aliphatic rings. The van der Waals surface area contributed by atoms with Crippen LogP contribution in [0.2, 0.25) is 0 Å². The number of likely N-dealkylation sites (tertiary alicyclic amines) is 1. The second-order valence-corrected chi connectivity index (χ2v) is 6.88. The third-order valence-electron chi connectivity index (χ3n) is 2.86. The summed E-state index contributed by atoms with van der Waals surface area (Å²) in [7, 11) is -3.74. The van der Waals surface area contributed by atoms with E-state index in [4.69, 9.17) is 10.8 Å². The molecular weight excluding hydrogens is 247 g/mol. The molecule has 1 heterocycles. The van der Waals surface area contributed by atoms with Crippen LogP contribution in [0.1, 0.15) is 19.8 Å². The fraction of sp³-hybridized carbons (Fsp3) is 0.778. The first kappa shape index (κ1) is 14.2. The third kappa shape index (κ3) is 3.28. The Kier molecular flexibility index (Phi) is 4.30. The van der Waals surface area contributed by atoms with E-state index in [-0.39, 0.29) is 0 Å². The van der Waals surface area contributed by atoms with Gasteiger partial charge in [-0.2, -0.15) is 0 Å². The number of aliphatic carboxylic acids is 1. The topological polar surface area (TPSA) is 121 Å². The normalized spacial score (nSPS) is 25.4. The fourth-order valence-corrected chi connectivity index (χ4v) is 2.61. The van der Waals surface area contributed by atoms with E-state index < -0.39 is 37.2 Å². The first-order valence-corrected chi connectivity index (χ1v) is 7.26. The van der Waals surface area contributed by atoms with E-state index in [1.54, 1.807) is 0 Å². The monoisotopic (exact) mass is 264 g/mol. The maximum Gasteiger partial charge on any atom is 0.326 e. The molecule has 3 atom stereocenters. The average Bonchev–Trinajstić information content (AvgIpc) is 2.64. The predicted molar refractivity (Wildman–Crippen MR) is 60.7 cm³/mol. The van der Waals surface area contributed by atoms with Crippen LogP contribution in [-0.2, 0) is 14.2 Å². The first-order chi connectivity index (χ1) is 7.75. The Labute approximate surface area is 99.0 Å². The summed E-state index contributed by atoms with van der Waals surface area (Å²) in [6.07, 6.45) is 0.389. The van der Waals surface area contributed by atoms with E-state index in [0.29, 0.717) is 19.4 Å². The zero-order chi connectivity index (χ0) is 13.2. The van der Waals surface area contributed by atoms with Gasteiger partial charge in [0.25, 0.3) is 0 Å². The summed E-state index contributed by atoms with van der Waals surface area (Å²) in [6, 6.07) is -0.879. The van der Waals surface area contributed by atoms with Crippen molar-refractivity contribution in [3.05, 3.63) is 0 Å². The van der Waals surface area contributed by atoms with Gasteiger partial charge in [-0.05, 0) is 19.8 Å². The number of carboxylic acid groups (broad SMARTS) is 1. The van der Waals surface area contributed by atoms with Crippen molar-refractivity contribution >= 4 is 19.2 Å². The van der Waals surface area contributed by atoms with Crippen molar-refractivity contribution in [2.24, 2.45) is 5.73 Å². The minimum absolute atomic E-state index is 0.314. The highest BCUT2D eigenvalue weighted by molar-refractivity contribution is 7.59. The largest absolute Gasteiger partial charge is 0.480 e. The number of carbonyl (C=O) groups excluding carboxylic acids is 1. The van der Waals surface area contributed by atoms with Crippen molar-refractivity contribution in [2.45, 2.75) is 31.6 Å². The van der Waals surface area contributed by atoms with Gasteiger partial charge >= 0.3 is 5.97 Å². The highest BCUT2D eigenvalue weighted by Gasteiger charge is 2.37. The Morgan fingerprint density at radius 2 is 2.18 bits per heavy atom. The van der Waals surface area contributed by atoms with Crippen molar-refractivity contribution in [1.82, 2.24) is 4.90 Å². The van der Waals surface area contributed by atoms with Gasteiger partial charge in [0.05, 0.1) is 5.78 Å². The van der Waals surface area contributed by atoms with Gasteiger partial charge in [-0.1, -0.05) is 0 Å². The summed E-state index contributed by atoms with van der Waals surface area (Å²) in [5, 5.41) is 8.89. The van der Waals surface area contributed by atoms with Crippen LogP contribution in [-0.4, -0.2) is 51.3 Å². The van der Waals surface area contributed by atoms with Gasteiger partial charge in [0.15, 0.2) is 0 Å². The molecule has 7 nitrogen and oxygen atoms in total. The third-order valence-corrected chi connectivity index (χ3v) is 4.85. The van der Waals surface area contributed by atoms with E-state index >= 15 is 0 Å². The Balaban J connectivity index is 2.71. The van der Waals surface area contributed by atoms with Crippen LogP contribution in [0, 0.1) is 0 Å². The number of hydrogen-bond acceptors (Lipinski definition) is 4. The molecule has 1 amide bonds. The van der Waals surface area contributed by atoms with Crippen molar-refractivity contribution in [3.63, 3.8) is 0 Å². The zero-order valence-electron chi connectivity index (χ0n) is 9.57. The second-order valence-electron chi connectivity index (χ2n) is 4.24. The van der Waals surface area contributed by atoms with Crippen molar-refractivity contribution in [1.29, 1.82) is 0 Å². The average molecular weight is 264 g/mol. The highest BCUT2D eigenvalue weighted by Crippen LogP contribution is 2.43. The first-order valence-electron chi connectivity index (χ1n) is 5.35. The van der Waals surface area contributed by atoms with Gasteiger partial charge in [-0.25, -0.2) is 4.79 Å². The van der Waals surface area contributed by atoms with Crippen molar-refractivity contribution < 1.29 is 24.2 Å². The maximum atomic E-state index is 11.8. The molecule has 0 spiro atoms. The molecule has 0 bridgehead atoms. The molecule has 17 heavy (non-hydrogen) atoms. The fourth-order valence-electron chi connectivity index (χ4n) is 1.75. The molecule has 0 radical (unpaired) electrons. The van der Waals surface area contributed by atoms with Crippen molar-refractivity contribution in [2.75, 3.05) is 12.7 Å². The Bertz CT molecular complexity index is 370. The maximum absolute atomic E-state index is 11.8. The Morgan fingerprint density at radius 3 is 2.65 bits per heavy atom. The molecule has 0 saturated carbocycles. The van der Waals surface area contributed by atoms with Gasteiger partial charge in [0, 0.05) is 6.54 Å². The van der Waals surface area contributed by atoms with Crippen LogP contribution in [0.4, 0.5) is 0 Å². The highest BCUT2D eigenvalue weighted by atomic mass is 31.2. The van der Waals surface area contributed by atoms with Crippen LogP contribution >= 0.6 is 7.37 Å². The minimum Gasteiger partial charge on any atom is -0.480 e. The standard InChI is InChI=1S/C9H17N2O5P/c1-6(10)17(15,16)5-8(12)11-4-2-3-7(11)9(13)14/h6-7H,2-5,10H2,1H3,(H,13,14)(H,15,16)/t6?,7-/m0/s1. The van der Waals surface area contributed by atoms with Gasteiger partial charge in [0.1, 0.15) is 12.2 Å². The summed E-state index contributed by atoms with van der Waals surface area (Å²) in [6.45, 7) is 1.67. The van der Waals surface area contributed by atoms with Crippen LogP contribution in [0.5, 0.6) is 0 Å². The van der Waals surface area contributed by atoms with Crippen LogP contribution in [0.15, 0.2) is 0 Å². The lowest BCUT2D eigenvalue weighted by molar-refractivity contribution is -0.147. The second kappa shape index (κ2) is 5.16. The van der Waals surface area contributed by atoms with Crippen LogP contribution < -0.4 is 5.73 Å². The molecule has 1 rings (SSSR count).